The highest BCUT2D eigenvalue weighted by atomic mass is 35.5. The monoisotopic (exact) mass is 309 g/mol. The fourth-order valence-corrected chi connectivity index (χ4v) is 3.11. The van der Waals surface area contributed by atoms with Crippen LogP contribution in [0.3, 0.4) is 0 Å². The summed E-state index contributed by atoms with van der Waals surface area (Å²) in [6.45, 7) is 1.10. The summed E-state index contributed by atoms with van der Waals surface area (Å²) in [4.78, 5) is 4.58. The Kier molecular flexibility index (Phi) is 4.30. The molecule has 3 aromatic rings. The molecule has 0 bridgehead atoms. The molecule has 0 unspecified atom stereocenters. The van der Waals surface area contributed by atoms with Gasteiger partial charge in [0.15, 0.2) is 0 Å². The normalized spacial score (nSPS) is 13.3. The molecule has 0 aliphatic carbocycles. The molecule has 22 heavy (non-hydrogen) atoms. The van der Waals surface area contributed by atoms with E-state index in [1.807, 2.05) is 6.20 Å². The molecule has 1 aliphatic rings. The van der Waals surface area contributed by atoms with E-state index in [-0.39, 0.29) is 12.4 Å². The zero-order valence-electron chi connectivity index (χ0n) is 12.4. The topological polar surface area (TPSA) is 17.8 Å². The van der Waals surface area contributed by atoms with Crippen molar-refractivity contribution in [3.63, 3.8) is 0 Å². The molecule has 1 aliphatic heterocycles. The SMILES string of the molecule is [Cl-].c1ccc(-c2ccc(-c3cnc4n3CCCC4)cc2)cc1. The molecule has 0 radical (unpaired) electrons. The van der Waals surface area contributed by atoms with Crippen LogP contribution in [0.4, 0.5) is 0 Å². The van der Waals surface area contributed by atoms with Crippen molar-refractivity contribution in [2.75, 3.05) is 0 Å². The maximum Gasteiger partial charge on any atom is 0.109 e. The maximum atomic E-state index is 4.58. The maximum absolute atomic E-state index is 4.58. The Morgan fingerprint density at radius 3 is 2.23 bits per heavy atom. The smallest absolute Gasteiger partial charge is 0.109 e. The number of imidazole rings is 1. The minimum absolute atomic E-state index is 0. The molecule has 0 amide bonds. The van der Waals surface area contributed by atoms with Crippen LogP contribution in [0.15, 0.2) is 60.8 Å². The molecule has 2 heterocycles. The van der Waals surface area contributed by atoms with Crippen molar-refractivity contribution in [3.8, 4) is 22.4 Å². The first-order valence-electron chi connectivity index (χ1n) is 7.62. The number of rotatable bonds is 2. The first-order chi connectivity index (χ1) is 10.4. The number of hydrogen-bond acceptors (Lipinski definition) is 1. The zero-order chi connectivity index (χ0) is 14.1. The van der Waals surface area contributed by atoms with Crippen LogP contribution < -0.4 is 12.4 Å². The molecule has 0 saturated carbocycles. The van der Waals surface area contributed by atoms with Crippen LogP contribution in [-0.4, -0.2) is 9.55 Å². The van der Waals surface area contributed by atoms with Crippen molar-refractivity contribution in [3.05, 3.63) is 66.6 Å². The zero-order valence-corrected chi connectivity index (χ0v) is 13.1. The highest BCUT2D eigenvalue weighted by Gasteiger charge is 2.14. The van der Waals surface area contributed by atoms with Gasteiger partial charge in [0.25, 0.3) is 0 Å². The average molecular weight is 310 g/mol. The third kappa shape index (κ3) is 2.67. The predicted octanol–water partition coefficient (Wildman–Crippen LogP) is 1.56. The fraction of sp³-hybridized carbons (Fsp3) is 0.211. The van der Waals surface area contributed by atoms with E-state index in [2.05, 4.69) is 64.1 Å². The summed E-state index contributed by atoms with van der Waals surface area (Å²) in [5.41, 5.74) is 5.04. The van der Waals surface area contributed by atoms with Gasteiger partial charge in [-0.05, 0) is 29.5 Å². The third-order valence-electron chi connectivity index (χ3n) is 4.26. The van der Waals surface area contributed by atoms with E-state index >= 15 is 0 Å². The van der Waals surface area contributed by atoms with Crippen molar-refractivity contribution in [1.29, 1.82) is 0 Å². The lowest BCUT2D eigenvalue weighted by Crippen LogP contribution is -3.00. The molecule has 0 spiro atoms. The molecule has 4 rings (SSSR count). The number of aromatic nitrogens is 2. The van der Waals surface area contributed by atoms with Gasteiger partial charge in [-0.25, -0.2) is 4.98 Å². The first-order valence-corrected chi connectivity index (χ1v) is 7.62. The summed E-state index contributed by atoms with van der Waals surface area (Å²) in [6, 6.07) is 19.3. The second kappa shape index (κ2) is 6.37. The highest BCUT2D eigenvalue weighted by Crippen LogP contribution is 2.27. The molecule has 2 aromatic carbocycles. The second-order valence-electron chi connectivity index (χ2n) is 5.61. The number of fused-ring (bicyclic) bond motifs is 1. The quantitative estimate of drug-likeness (QED) is 0.702. The van der Waals surface area contributed by atoms with Gasteiger partial charge in [-0.3, -0.25) is 0 Å². The van der Waals surface area contributed by atoms with Gasteiger partial charge in [0, 0.05) is 13.0 Å². The molecule has 0 atom stereocenters. The van der Waals surface area contributed by atoms with E-state index in [0.29, 0.717) is 0 Å². The fourth-order valence-electron chi connectivity index (χ4n) is 3.11. The van der Waals surface area contributed by atoms with Gasteiger partial charge in [-0.1, -0.05) is 54.6 Å². The minimum atomic E-state index is 0. The highest BCUT2D eigenvalue weighted by molar-refractivity contribution is 5.68. The van der Waals surface area contributed by atoms with Crippen molar-refractivity contribution < 1.29 is 12.4 Å². The number of benzene rings is 2. The summed E-state index contributed by atoms with van der Waals surface area (Å²) in [5, 5.41) is 0. The molecular weight excluding hydrogens is 292 g/mol. The van der Waals surface area contributed by atoms with Crippen LogP contribution in [0.1, 0.15) is 18.7 Å². The van der Waals surface area contributed by atoms with Gasteiger partial charge in [0.1, 0.15) is 5.82 Å². The second-order valence-corrected chi connectivity index (χ2v) is 5.61. The van der Waals surface area contributed by atoms with Crippen molar-refractivity contribution in [2.45, 2.75) is 25.8 Å². The Labute approximate surface area is 137 Å². The molecule has 0 fully saturated rings. The van der Waals surface area contributed by atoms with Crippen LogP contribution in [0, 0.1) is 0 Å². The molecule has 112 valence electrons. The number of aryl methyl sites for hydroxylation is 1. The number of halogens is 1. The molecule has 2 nitrogen and oxygen atoms in total. The Hall–Kier alpha value is -2.06. The van der Waals surface area contributed by atoms with Gasteiger partial charge >= 0.3 is 0 Å². The molecular formula is C19H18ClN2-. The molecule has 0 saturated heterocycles. The van der Waals surface area contributed by atoms with Crippen molar-refractivity contribution in [2.24, 2.45) is 0 Å². The Balaban J connectivity index is 0.00000144. The molecule has 0 N–H and O–H groups in total. The van der Waals surface area contributed by atoms with Crippen LogP contribution in [0.25, 0.3) is 22.4 Å². The largest absolute Gasteiger partial charge is 1.00 e. The van der Waals surface area contributed by atoms with Crippen LogP contribution in [0.2, 0.25) is 0 Å². The van der Waals surface area contributed by atoms with Gasteiger partial charge in [-0.2, -0.15) is 0 Å². The van der Waals surface area contributed by atoms with Crippen molar-refractivity contribution in [1.82, 2.24) is 9.55 Å². The van der Waals surface area contributed by atoms with E-state index in [0.717, 1.165) is 13.0 Å². The van der Waals surface area contributed by atoms with Crippen molar-refractivity contribution >= 4 is 0 Å². The number of hydrogen-bond donors (Lipinski definition) is 0. The number of nitrogens with zero attached hydrogens (tertiary/aromatic N) is 2. The van der Waals surface area contributed by atoms with Crippen LogP contribution >= 0.6 is 0 Å². The van der Waals surface area contributed by atoms with Gasteiger partial charge in [0.2, 0.25) is 0 Å². The minimum Gasteiger partial charge on any atom is -1.00 e. The van der Waals surface area contributed by atoms with Gasteiger partial charge < -0.3 is 17.0 Å². The van der Waals surface area contributed by atoms with E-state index < -0.39 is 0 Å². The molecule has 3 heteroatoms. The lowest BCUT2D eigenvalue weighted by atomic mass is 10.0. The van der Waals surface area contributed by atoms with Gasteiger partial charge in [0.05, 0.1) is 11.9 Å². The Morgan fingerprint density at radius 2 is 1.45 bits per heavy atom. The summed E-state index contributed by atoms with van der Waals surface area (Å²) < 4.78 is 2.38. The summed E-state index contributed by atoms with van der Waals surface area (Å²) >= 11 is 0. The summed E-state index contributed by atoms with van der Waals surface area (Å²) in [6.07, 6.45) is 5.67. The predicted molar refractivity (Wildman–Crippen MR) is 86.0 cm³/mol. The van der Waals surface area contributed by atoms with Crippen LogP contribution in [-0.2, 0) is 13.0 Å². The van der Waals surface area contributed by atoms with Crippen LogP contribution in [0.5, 0.6) is 0 Å². The summed E-state index contributed by atoms with van der Waals surface area (Å²) in [5.74, 6) is 1.24. The standard InChI is InChI=1S/C19H18N2.ClH/c1-2-6-15(7-3-1)16-9-11-17(12-10-16)18-14-20-19-8-4-5-13-21(18)19;/h1-3,6-7,9-12,14H,4-5,8,13H2;1H/p-1. The van der Waals surface area contributed by atoms with E-state index in [9.17, 15) is 0 Å². The third-order valence-corrected chi connectivity index (χ3v) is 4.26. The van der Waals surface area contributed by atoms with E-state index in [1.165, 1.54) is 41.1 Å². The Morgan fingerprint density at radius 1 is 0.773 bits per heavy atom. The first kappa shape index (κ1) is 14.9. The summed E-state index contributed by atoms with van der Waals surface area (Å²) in [7, 11) is 0. The lowest BCUT2D eigenvalue weighted by molar-refractivity contribution is -0.00000422. The Bertz CT molecular complexity index is 745. The lowest BCUT2D eigenvalue weighted by Gasteiger charge is -2.16. The van der Waals surface area contributed by atoms with E-state index in [1.54, 1.807) is 0 Å². The average Bonchev–Trinajstić information content (AvgIpc) is 3.00. The molecule has 1 aromatic heterocycles. The van der Waals surface area contributed by atoms with E-state index in [4.69, 9.17) is 0 Å². The van der Waals surface area contributed by atoms with Gasteiger partial charge in [-0.15, -0.1) is 0 Å².